The minimum atomic E-state index is -4.34. The number of carbonyl (C=O) groups excluding carboxylic acids is 1. The Morgan fingerprint density at radius 2 is 1.70 bits per heavy atom. The fourth-order valence-corrected chi connectivity index (χ4v) is 5.44. The number of aryl methyl sites for hydroxylation is 3. The summed E-state index contributed by atoms with van der Waals surface area (Å²) in [5, 5.41) is -0.416. The predicted octanol–water partition coefficient (Wildman–Crippen LogP) is 5.19. The minimum absolute atomic E-state index is 0.0197. The average Bonchev–Trinajstić information content (AvgIpc) is 2.81. The molecule has 2 heterocycles. The summed E-state index contributed by atoms with van der Waals surface area (Å²) in [6, 6.07) is 10.8. The molecule has 1 aliphatic carbocycles. The van der Waals surface area contributed by atoms with Gasteiger partial charge in [0.1, 0.15) is 17.1 Å². The Morgan fingerprint density at radius 3 is 2.32 bits per heavy atom. The van der Waals surface area contributed by atoms with E-state index in [0.29, 0.717) is 11.4 Å². The van der Waals surface area contributed by atoms with Crippen molar-refractivity contribution in [1.82, 2.24) is 14.7 Å². The van der Waals surface area contributed by atoms with Crippen molar-refractivity contribution < 1.29 is 26.7 Å². The van der Waals surface area contributed by atoms with E-state index in [1.165, 1.54) is 24.3 Å². The van der Waals surface area contributed by atoms with E-state index in [4.69, 9.17) is 10.5 Å². The Balaban J connectivity index is 1.71. The van der Waals surface area contributed by atoms with E-state index in [2.05, 4.69) is 9.97 Å². The van der Waals surface area contributed by atoms with Gasteiger partial charge in [-0.05, 0) is 69.0 Å². The zero-order chi connectivity index (χ0) is 27.0. The standard InChI is InChI=1S/C26H28F2N4O4S/c1-15-13-16(2)23(17(3)14-15)36-25-19(7-8-20(30-25)18-9-11-26(27,28)12-10-18)24(33)32-37(34,35)22-6-4-5-21(29)31-22/h4-8,13-14,18H,9-12H2,1-3H3,(H2,29,31)(H,32,33). The van der Waals surface area contributed by atoms with E-state index in [0.717, 1.165) is 16.7 Å². The molecule has 0 unspecified atom stereocenters. The topological polar surface area (TPSA) is 124 Å². The third-order valence-electron chi connectivity index (χ3n) is 6.31. The van der Waals surface area contributed by atoms with Crippen LogP contribution in [0.3, 0.4) is 0 Å². The Bertz CT molecular complexity index is 1430. The Hall–Kier alpha value is -3.60. The molecule has 8 nitrogen and oxygen atoms in total. The number of rotatable bonds is 6. The Labute approximate surface area is 214 Å². The monoisotopic (exact) mass is 530 g/mol. The molecule has 0 aliphatic heterocycles. The molecule has 196 valence electrons. The number of benzene rings is 1. The second-order valence-corrected chi connectivity index (χ2v) is 11.0. The van der Waals surface area contributed by atoms with Crippen LogP contribution in [0.2, 0.25) is 0 Å². The summed E-state index contributed by atoms with van der Waals surface area (Å²) in [5.74, 6) is -3.57. The number of hydrogen-bond acceptors (Lipinski definition) is 7. The number of pyridine rings is 2. The van der Waals surface area contributed by atoms with Crippen molar-refractivity contribution in [2.75, 3.05) is 5.73 Å². The van der Waals surface area contributed by atoms with Crippen LogP contribution in [0.5, 0.6) is 11.6 Å². The van der Waals surface area contributed by atoms with Gasteiger partial charge in [-0.1, -0.05) is 23.8 Å². The summed E-state index contributed by atoms with van der Waals surface area (Å²) in [4.78, 5) is 21.4. The van der Waals surface area contributed by atoms with E-state index in [1.807, 2.05) is 37.6 Å². The highest BCUT2D eigenvalue weighted by atomic mass is 32.2. The molecule has 37 heavy (non-hydrogen) atoms. The number of sulfonamides is 1. The number of alkyl halides is 2. The molecule has 0 spiro atoms. The van der Waals surface area contributed by atoms with Crippen molar-refractivity contribution in [1.29, 1.82) is 0 Å². The lowest BCUT2D eigenvalue weighted by Gasteiger charge is -2.28. The molecule has 3 N–H and O–H groups in total. The summed E-state index contributed by atoms with van der Waals surface area (Å²) in [6.07, 6.45) is -0.0229. The molecule has 0 atom stereocenters. The summed E-state index contributed by atoms with van der Waals surface area (Å²) < 4.78 is 61.1. The number of anilines is 1. The summed E-state index contributed by atoms with van der Waals surface area (Å²) in [7, 11) is -4.34. The number of nitrogens with two attached hydrogens (primary N) is 1. The van der Waals surface area contributed by atoms with Crippen molar-refractivity contribution in [3.05, 3.63) is 70.4 Å². The van der Waals surface area contributed by atoms with E-state index < -0.39 is 26.9 Å². The minimum Gasteiger partial charge on any atom is -0.438 e. The number of ether oxygens (including phenoxy) is 1. The van der Waals surface area contributed by atoms with Crippen molar-refractivity contribution in [2.24, 2.45) is 0 Å². The first-order chi connectivity index (χ1) is 17.3. The van der Waals surface area contributed by atoms with Crippen molar-refractivity contribution >= 4 is 21.7 Å². The van der Waals surface area contributed by atoms with Crippen molar-refractivity contribution in [3.8, 4) is 11.6 Å². The molecule has 1 fully saturated rings. The first-order valence-electron chi connectivity index (χ1n) is 11.8. The van der Waals surface area contributed by atoms with E-state index in [1.54, 1.807) is 6.07 Å². The molecule has 4 rings (SSSR count). The van der Waals surface area contributed by atoms with Crippen LogP contribution in [-0.4, -0.2) is 30.2 Å². The van der Waals surface area contributed by atoms with Gasteiger partial charge in [-0.25, -0.2) is 23.5 Å². The third kappa shape index (κ3) is 6.04. The van der Waals surface area contributed by atoms with Gasteiger partial charge >= 0.3 is 0 Å². The first-order valence-corrected chi connectivity index (χ1v) is 13.3. The van der Waals surface area contributed by atoms with Crippen LogP contribution in [0, 0.1) is 20.8 Å². The highest BCUT2D eigenvalue weighted by molar-refractivity contribution is 7.90. The second kappa shape index (κ2) is 10.0. The lowest BCUT2D eigenvalue weighted by atomic mass is 9.84. The van der Waals surface area contributed by atoms with Gasteiger partial charge in [0.25, 0.3) is 15.9 Å². The largest absolute Gasteiger partial charge is 0.438 e. The molecule has 3 aromatic rings. The van der Waals surface area contributed by atoms with E-state index in [-0.39, 0.29) is 48.9 Å². The number of nitrogens with zero attached hydrogens (tertiary/aromatic N) is 2. The molecular formula is C26H28F2N4O4S. The molecular weight excluding hydrogens is 502 g/mol. The Morgan fingerprint density at radius 1 is 1.05 bits per heavy atom. The second-order valence-electron chi connectivity index (χ2n) is 9.38. The molecule has 1 saturated carbocycles. The number of carbonyl (C=O) groups is 1. The predicted molar refractivity (Wildman–Crippen MR) is 134 cm³/mol. The van der Waals surface area contributed by atoms with Gasteiger partial charge in [-0.15, -0.1) is 0 Å². The normalized spacial score (nSPS) is 15.8. The maximum absolute atomic E-state index is 13.7. The smallest absolute Gasteiger partial charge is 0.281 e. The van der Waals surface area contributed by atoms with Gasteiger partial charge in [0, 0.05) is 24.5 Å². The van der Waals surface area contributed by atoms with Crippen LogP contribution in [0.25, 0.3) is 0 Å². The zero-order valence-electron chi connectivity index (χ0n) is 20.7. The first kappa shape index (κ1) is 26.5. The molecule has 11 heteroatoms. The number of hydrogen-bond donors (Lipinski definition) is 2. The molecule has 1 amide bonds. The number of aromatic nitrogens is 2. The van der Waals surface area contributed by atoms with Gasteiger partial charge in [-0.2, -0.15) is 8.42 Å². The number of nitrogens with one attached hydrogen (secondary N) is 1. The maximum atomic E-state index is 13.7. The lowest BCUT2D eigenvalue weighted by Crippen LogP contribution is -2.32. The van der Waals surface area contributed by atoms with Gasteiger partial charge in [-0.3, -0.25) is 4.79 Å². The van der Waals surface area contributed by atoms with E-state index >= 15 is 0 Å². The summed E-state index contributed by atoms with van der Waals surface area (Å²) in [6.45, 7) is 5.63. The molecule has 1 aromatic carbocycles. The molecule has 0 saturated heterocycles. The number of nitrogen functional groups attached to an aromatic ring is 1. The van der Waals surface area contributed by atoms with Crippen LogP contribution in [-0.2, 0) is 10.0 Å². The SMILES string of the molecule is Cc1cc(C)c(Oc2nc(C3CCC(F)(F)CC3)ccc2C(=O)NS(=O)(=O)c2cccc(N)n2)c(C)c1. The van der Waals surface area contributed by atoms with Gasteiger partial charge in [0.05, 0.1) is 0 Å². The molecule has 2 aromatic heterocycles. The van der Waals surface area contributed by atoms with Crippen LogP contribution >= 0.6 is 0 Å². The third-order valence-corrected chi connectivity index (χ3v) is 7.54. The molecule has 0 radical (unpaired) electrons. The fourth-order valence-electron chi connectivity index (χ4n) is 4.50. The fraction of sp³-hybridized carbons (Fsp3) is 0.346. The average molecular weight is 531 g/mol. The summed E-state index contributed by atoms with van der Waals surface area (Å²) in [5.41, 5.74) is 8.57. The van der Waals surface area contributed by atoms with Crippen molar-refractivity contribution in [3.63, 3.8) is 0 Å². The zero-order valence-corrected chi connectivity index (χ0v) is 21.5. The summed E-state index contributed by atoms with van der Waals surface area (Å²) >= 11 is 0. The van der Waals surface area contributed by atoms with Crippen LogP contribution < -0.4 is 15.2 Å². The van der Waals surface area contributed by atoms with Crippen LogP contribution in [0.4, 0.5) is 14.6 Å². The lowest BCUT2D eigenvalue weighted by molar-refractivity contribution is -0.0385. The van der Waals surface area contributed by atoms with Crippen LogP contribution in [0.1, 0.15) is 64.3 Å². The maximum Gasteiger partial charge on any atom is 0.281 e. The van der Waals surface area contributed by atoms with E-state index in [9.17, 15) is 22.0 Å². The highest BCUT2D eigenvalue weighted by Gasteiger charge is 2.36. The highest BCUT2D eigenvalue weighted by Crippen LogP contribution is 2.41. The van der Waals surface area contributed by atoms with Gasteiger partial charge < -0.3 is 10.5 Å². The van der Waals surface area contributed by atoms with Crippen LogP contribution in [0.15, 0.2) is 47.5 Å². The Kier molecular flexibility index (Phi) is 7.18. The van der Waals surface area contributed by atoms with Crippen molar-refractivity contribution in [2.45, 2.75) is 63.3 Å². The number of amides is 1. The number of halogens is 2. The molecule has 1 aliphatic rings. The molecule has 0 bridgehead atoms. The van der Waals surface area contributed by atoms with Gasteiger partial charge in [0.2, 0.25) is 11.8 Å². The van der Waals surface area contributed by atoms with Gasteiger partial charge in [0.15, 0.2) is 5.03 Å². The quantitative estimate of drug-likeness (QED) is 0.449.